The van der Waals surface area contributed by atoms with Crippen LogP contribution in [0.15, 0.2) is 35.5 Å². The number of rotatable bonds is 0. The standard InChI is InChI=1S/C11H9NO/c13-11-5-1-3-9-4-2-7-12-8-6-10(9)11/h1-8,13H. The smallest absolute Gasteiger partial charge is 0.123 e. The zero-order chi connectivity index (χ0) is 9.10. The minimum Gasteiger partial charge on any atom is -0.507 e. The Labute approximate surface area is 75.9 Å². The molecule has 1 N–H and O–H groups in total. The van der Waals surface area contributed by atoms with Gasteiger partial charge in [-0.3, -0.25) is 4.99 Å². The van der Waals surface area contributed by atoms with E-state index in [4.69, 9.17) is 0 Å². The van der Waals surface area contributed by atoms with Gasteiger partial charge in [0.2, 0.25) is 0 Å². The van der Waals surface area contributed by atoms with Gasteiger partial charge >= 0.3 is 0 Å². The van der Waals surface area contributed by atoms with Gasteiger partial charge in [-0.05, 0) is 23.4 Å². The highest BCUT2D eigenvalue weighted by atomic mass is 16.3. The molecule has 0 radical (unpaired) electrons. The highest BCUT2D eigenvalue weighted by Crippen LogP contribution is 1.94. The fourth-order valence-corrected chi connectivity index (χ4v) is 1.26. The van der Waals surface area contributed by atoms with E-state index < -0.39 is 0 Å². The molecule has 1 aromatic carbocycles. The van der Waals surface area contributed by atoms with Gasteiger partial charge in [-0.1, -0.05) is 18.2 Å². The lowest BCUT2D eigenvalue weighted by Crippen LogP contribution is -2.24. The summed E-state index contributed by atoms with van der Waals surface area (Å²) in [4.78, 5) is 3.97. The highest BCUT2D eigenvalue weighted by molar-refractivity contribution is 5.92. The molecule has 2 rings (SSSR count). The normalized spacial score (nSPS) is 13.5. The third-order valence-electron chi connectivity index (χ3n) is 1.89. The summed E-state index contributed by atoms with van der Waals surface area (Å²) in [5.41, 5.74) is 0. The fraction of sp³-hybridized carbons (Fsp3) is 0. The van der Waals surface area contributed by atoms with Crippen molar-refractivity contribution in [3.8, 4) is 5.75 Å². The maximum absolute atomic E-state index is 9.54. The molecule has 2 nitrogen and oxygen atoms in total. The van der Waals surface area contributed by atoms with Crippen molar-refractivity contribution in [3.63, 3.8) is 0 Å². The van der Waals surface area contributed by atoms with E-state index in [-0.39, 0.29) is 5.75 Å². The average Bonchev–Trinajstić information content (AvgIpc) is 2.07. The molecule has 0 atom stereocenters. The van der Waals surface area contributed by atoms with Crippen LogP contribution in [0.5, 0.6) is 5.75 Å². The number of hydrogen-bond donors (Lipinski definition) is 1. The summed E-state index contributed by atoms with van der Waals surface area (Å²) in [5.74, 6) is 0.288. The van der Waals surface area contributed by atoms with Gasteiger partial charge in [0.25, 0.3) is 0 Å². The first-order valence-electron chi connectivity index (χ1n) is 4.06. The Morgan fingerprint density at radius 1 is 1.15 bits per heavy atom. The monoisotopic (exact) mass is 171 g/mol. The molecule has 0 saturated carbocycles. The van der Waals surface area contributed by atoms with Gasteiger partial charge in [0.1, 0.15) is 5.75 Å². The van der Waals surface area contributed by atoms with E-state index in [1.165, 1.54) is 0 Å². The van der Waals surface area contributed by atoms with Crippen molar-refractivity contribution in [1.29, 1.82) is 0 Å². The van der Waals surface area contributed by atoms with E-state index in [9.17, 15) is 5.11 Å². The second kappa shape index (κ2) is 3.27. The summed E-state index contributed by atoms with van der Waals surface area (Å²) in [6.07, 6.45) is 8.94. The Kier molecular flexibility index (Phi) is 1.96. The minimum atomic E-state index is 0.288. The number of nitrogens with zero attached hydrogens (tertiary/aromatic N) is 1. The summed E-state index contributed by atoms with van der Waals surface area (Å²) < 4.78 is 0. The minimum absolute atomic E-state index is 0.288. The SMILES string of the molecule is Oc1cccc2c1=CC=NC=CC=2. The molecule has 1 aliphatic heterocycles. The molecule has 0 aromatic heterocycles. The topological polar surface area (TPSA) is 32.6 Å². The molecule has 0 spiro atoms. The summed E-state index contributed by atoms with van der Waals surface area (Å²) >= 11 is 0. The zero-order valence-electron chi connectivity index (χ0n) is 7.01. The predicted molar refractivity (Wildman–Crippen MR) is 53.9 cm³/mol. The number of aromatic hydroxyl groups is 1. The second-order valence-electron chi connectivity index (χ2n) is 2.75. The number of benzene rings is 1. The zero-order valence-corrected chi connectivity index (χ0v) is 7.01. The van der Waals surface area contributed by atoms with Crippen LogP contribution in [0.25, 0.3) is 12.2 Å². The van der Waals surface area contributed by atoms with Crippen molar-refractivity contribution in [3.05, 3.63) is 40.9 Å². The fourth-order valence-electron chi connectivity index (χ4n) is 1.26. The molecule has 0 aliphatic carbocycles. The lowest BCUT2D eigenvalue weighted by Gasteiger charge is -1.94. The predicted octanol–water partition coefficient (Wildman–Crippen LogP) is 0.551. The molecule has 1 aromatic rings. The molecular weight excluding hydrogens is 162 g/mol. The van der Waals surface area contributed by atoms with E-state index in [1.807, 2.05) is 24.3 Å². The van der Waals surface area contributed by atoms with Crippen LogP contribution in [-0.2, 0) is 0 Å². The maximum Gasteiger partial charge on any atom is 0.123 e. The largest absolute Gasteiger partial charge is 0.507 e. The number of hydrogen-bond acceptors (Lipinski definition) is 2. The van der Waals surface area contributed by atoms with Crippen LogP contribution in [0.2, 0.25) is 0 Å². The quantitative estimate of drug-likeness (QED) is 0.607. The Hall–Kier alpha value is -1.83. The van der Waals surface area contributed by atoms with E-state index in [0.29, 0.717) is 0 Å². The molecule has 0 amide bonds. The van der Waals surface area contributed by atoms with Crippen LogP contribution in [0, 0.1) is 0 Å². The lowest BCUT2D eigenvalue weighted by atomic mass is 10.2. The summed E-state index contributed by atoms with van der Waals surface area (Å²) in [5, 5.41) is 11.4. The summed E-state index contributed by atoms with van der Waals surface area (Å²) in [6, 6.07) is 5.45. The molecular formula is C11H9NO. The van der Waals surface area contributed by atoms with E-state index in [2.05, 4.69) is 4.99 Å². The molecule has 2 heteroatoms. The first-order valence-corrected chi connectivity index (χ1v) is 4.06. The van der Waals surface area contributed by atoms with Crippen molar-refractivity contribution in [2.45, 2.75) is 0 Å². The maximum atomic E-state index is 9.54. The van der Waals surface area contributed by atoms with Gasteiger partial charge in [-0.2, -0.15) is 0 Å². The van der Waals surface area contributed by atoms with Crippen molar-refractivity contribution in [2.75, 3.05) is 0 Å². The molecule has 0 unspecified atom stereocenters. The molecule has 0 fully saturated rings. The Morgan fingerprint density at radius 3 is 3.00 bits per heavy atom. The number of phenols is 1. The summed E-state index contributed by atoms with van der Waals surface area (Å²) in [7, 11) is 0. The van der Waals surface area contributed by atoms with Gasteiger partial charge in [-0.25, -0.2) is 0 Å². The first-order chi connectivity index (χ1) is 6.38. The molecule has 1 heterocycles. The number of allylic oxidation sites excluding steroid dienone is 1. The van der Waals surface area contributed by atoms with Crippen molar-refractivity contribution in [1.82, 2.24) is 0 Å². The van der Waals surface area contributed by atoms with Crippen molar-refractivity contribution in [2.24, 2.45) is 4.99 Å². The number of aliphatic imine (C=N–C) groups is 1. The van der Waals surface area contributed by atoms with Crippen molar-refractivity contribution < 1.29 is 5.11 Å². The number of phenolic OH excluding ortho intramolecular Hbond substituents is 1. The molecule has 64 valence electrons. The van der Waals surface area contributed by atoms with Gasteiger partial charge in [-0.15, -0.1) is 0 Å². The van der Waals surface area contributed by atoms with Crippen LogP contribution < -0.4 is 10.4 Å². The summed E-state index contributed by atoms with van der Waals surface area (Å²) in [6.45, 7) is 0. The van der Waals surface area contributed by atoms with Gasteiger partial charge in [0, 0.05) is 17.6 Å². The van der Waals surface area contributed by atoms with E-state index in [1.54, 1.807) is 24.6 Å². The average molecular weight is 171 g/mol. The van der Waals surface area contributed by atoms with Crippen LogP contribution in [-0.4, -0.2) is 11.3 Å². The third kappa shape index (κ3) is 1.51. The molecule has 13 heavy (non-hydrogen) atoms. The highest BCUT2D eigenvalue weighted by Gasteiger charge is 1.91. The van der Waals surface area contributed by atoms with Gasteiger partial charge in [0.15, 0.2) is 0 Å². The lowest BCUT2D eigenvalue weighted by molar-refractivity contribution is 0.470. The van der Waals surface area contributed by atoms with Crippen molar-refractivity contribution >= 4 is 18.4 Å². The molecule has 1 aliphatic rings. The first kappa shape index (κ1) is 7.80. The molecule has 0 saturated heterocycles. The second-order valence-corrected chi connectivity index (χ2v) is 2.75. The van der Waals surface area contributed by atoms with Gasteiger partial charge in [0.05, 0.1) is 0 Å². The third-order valence-corrected chi connectivity index (χ3v) is 1.89. The van der Waals surface area contributed by atoms with Crippen LogP contribution in [0.1, 0.15) is 0 Å². The van der Waals surface area contributed by atoms with Gasteiger partial charge < -0.3 is 5.11 Å². The number of fused-ring (bicyclic) bond motifs is 1. The van der Waals surface area contributed by atoms with E-state index >= 15 is 0 Å². The Balaban J connectivity index is 2.86. The van der Waals surface area contributed by atoms with Crippen LogP contribution in [0.4, 0.5) is 0 Å². The molecule has 0 bridgehead atoms. The Bertz CT molecular complexity index is 483. The van der Waals surface area contributed by atoms with Crippen LogP contribution >= 0.6 is 0 Å². The Morgan fingerprint density at radius 2 is 2.08 bits per heavy atom. The van der Waals surface area contributed by atoms with E-state index in [0.717, 1.165) is 10.4 Å². The van der Waals surface area contributed by atoms with Crippen LogP contribution in [0.3, 0.4) is 0 Å².